The van der Waals surface area contributed by atoms with E-state index in [2.05, 4.69) is 48.4 Å². The van der Waals surface area contributed by atoms with E-state index in [0.29, 0.717) is 18.3 Å². The number of hydrogen-bond donors (Lipinski definition) is 1. The Morgan fingerprint density at radius 1 is 1.21 bits per heavy atom. The molecular weight excluding hydrogens is 384 g/mol. The Balaban J connectivity index is 1.40. The first-order chi connectivity index (χ1) is 13.9. The van der Waals surface area contributed by atoms with Crippen molar-refractivity contribution in [1.82, 2.24) is 15.1 Å². The molecule has 3 heterocycles. The molecule has 2 aromatic heterocycles. The van der Waals surface area contributed by atoms with Crippen LogP contribution in [0.3, 0.4) is 0 Å². The molecule has 1 N–H and O–H groups in total. The number of aromatic nitrogens is 2. The average molecular weight is 411 g/mol. The Labute approximate surface area is 175 Å². The molecule has 0 aliphatic carbocycles. The number of anilines is 1. The molecule has 7 heteroatoms. The molecular formula is C22H26N4O2S. The van der Waals surface area contributed by atoms with Crippen LogP contribution in [0.25, 0.3) is 10.8 Å². The number of rotatable bonds is 3. The molecule has 0 bridgehead atoms. The molecule has 152 valence electrons. The van der Waals surface area contributed by atoms with E-state index in [1.165, 1.54) is 5.56 Å². The number of nitrogens with one attached hydrogen (secondary N) is 1. The summed E-state index contributed by atoms with van der Waals surface area (Å²) < 4.78 is 5.89. The summed E-state index contributed by atoms with van der Waals surface area (Å²) in [5.74, 6) is 1.23. The summed E-state index contributed by atoms with van der Waals surface area (Å²) in [6.45, 7) is 7.84. The second kappa shape index (κ2) is 7.99. The number of carbonyl (C=O) groups is 1. The smallest absolute Gasteiger partial charge is 0.321 e. The predicted octanol–water partition coefficient (Wildman–Crippen LogP) is 5.51. The summed E-state index contributed by atoms with van der Waals surface area (Å²) >= 11 is 1.57. The van der Waals surface area contributed by atoms with Crippen LogP contribution in [-0.4, -0.2) is 34.2 Å². The maximum atomic E-state index is 12.8. The predicted molar refractivity (Wildman–Crippen MR) is 115 cm³/mol. The van der Waals surface area contributed by atoms with Crippen LogP contribution in [0.2, 0.25) is 0 Å². The molecule has 29 heavy (non-hydrogen) atoms. The quantitative estimate of drug-likeness (QED) is 0.618. The van der Waals surface area contributed by atoms with E-state index in [9.17, 15) is 4.79 Å². The molecule has 2 amide bonds. The maximum absolute atomic E-state index is 12.8. The van der Waals surface area contributed by atoms with Crippen molar-refractivity contribution in [2.45, 2.75) is 44.9 Å². The number of thiophene rings is 1. The number of carbonyl (C=O) groups excluding carboxylic acids is 1. The Hall–Kier alpha value is -2.67. The van der Waals surface area contributed by atoms with Crippen LogP contribution in [-0.2, 0) is 5.41 Å². The summed E-state index contributed by atoms with van der Waals surface area (Å²) in [5.41, 5.74) is 2.14. The van der Waals surface area contributed by atoms with Crippen molar-refractivity contribution >= 4 is 23.1 Å². The number of amides is 2. The van der Waals surface area contributed by atoms with Crippen LogP contribution in [0.4, 0.5) is 10.5 Å². The van der Waals surface area contributed by atoms with Crippen LogP contribution >= 0.6 is 11.3 Å². The van der Waals surface area contributed by atoms with Gasteiger partial charge in [-0.15, -0.1) is 21.5 Å². The molecule has 0 spiro atoms. The highest BCUT2D eigenvalue weighted by atomic mass is 32.1. The van der Waals surface area contributed by atoms with Crippen LogP contribution in [0.5, 0.6) is 0 Å². The van der Waals surface area contributed by atoms with Gasteiger partial charge in [-0.1, -0.05) is 39.0 Å². The Morgan fingerprint density at radius 2 is 2.00 bits per heavy atom. The summed E-state index contributed by atoms with van der Waals surface area (Å²) in [7, 11) is 0. The van der Waals surface area contributed by atoms with Crippen molar-refractivity contribution < 1.29 is 9.21 Å². The molecule has 0 saturated carbocycles. The fourth-order valence-corrected chi connectivity index (χ4v) is 4.16. The minimum absolute atomic E-state index is 0.0685. The third kappa shape index (κ3) is 4.50. The number of benzene rings is 1. The van der Waals surface area contributed by atoms with Gasteiger partial charge in [-0.05, 0) is 47.4 Å². The number of hydrogen-bond acceptors (Lipinski definition) is 5. The third-order valence-corrected chi connectivity index (χ3v) is 6.09. The van der Waals surface area contributed by atoms with Gasteiger partial charge in [0.2, 0.25) is 5.89 Å². The summed E-state index contributed by atoms with van der Waals surface area (Å²) in [4.78, 5) is 15.6. The third-order valence-electron chi connectivity index (χ3n) is 5.23. The van der Waals surface area contributed by atoms with Gasteiger partial charge in [0.1, 0.15) is 0 Å². The number of piperidine rings is 1. The van der Waals surface area contributed by atoms with Gasteiger partial charge in [0.15, 0.2) is 0 Å². The first-order valence-corrected chi connectivity index (χ1v) is 10.8. The zero-order chi connectivity index (χ0) is 20.4. The van der Waals surface area contributed by atoms with Crippen molar-refractivity contribution in [2.24, 2.45) is 0 Å². The Bertz CT molecular complexity index is 958. The van der Waals surface area contributed by atoms with Crippen molar-refractivity contribution in [3.8, 4) is 10.8 Å². The van der Waals surface area contributed by atoms with Crippen LogP contribution in [0, 0.1) is 0 Å². The van der Waals surface area contributed by atoms with E-state index in [4.69, 9.17) is 4.42 Å². The fourth-order valence-electron chi connectivity index (χ4n) is 3.52. The number of nitrogens with zero attached hydrogens (tertiary/aromatic N) is 3. The molecule has 1 unspecified atom stereocenters. The Kier molecular flexibility index (Phi) is 5.41. The highest BCUT2D eigenvalue weighted by molar-refractivity contribution is 7.13. The lowest BCUT2D eigenvalue weighted by molar-refractivity contribution is 0.187. The molecule has 1 aromatic carbocycles. The van der Waals surface area contributed by atoms with E-state index in [1.807, 2.05) is 34.5 Å². The SMILES string of the molecule is CC(C)(C)c1ccc(NC(=O)N2CCCC(c3nnc(-c4cccs4)o3)C2)cc1. The van der Waals surface area contributed by atoms with Gasteiger partial charge in [0, 0.05) is 18.8 Å². The van der Waals surface area contributed by atoms with Crippen LogP contribution < -0.4 is 5.32 Å². The molecule has 1 aliphatic rings. The van der Waals surface area contributed by atoms with Crippen LogP contribution in [0.1, 0.15) is 51.0 Å². The molecule has 1 fully saturated rings. The Morgan fingerprint density at radius 3 is 2.69 bits per heavy atom. The summed E-state index contributed by atoms with van der Waals surface area (Å²) in [6.07, 6.45) is 1.86. The fraction of sp³-hybridized carbons (Fsp3) is 0.409. The van der Waals surface area contributed by atoms with Crippen molar-refractivity contribution in [3.05, 3.63) is 53.2 Å². The van der Waals surface area contributed by atoms with Gasteiger partial charge in [-0.3, -0.25) is 0 Å². The zero-order valence-electron chi connectivity index (χ0n) is 17.0. The second-order valence-electron chi connectivity index (χ2n) is 8.47. The lowest BCUT2D eigenvalue weighted by Crippen LogP contribution is -2.41. The number of likely N-dealkylation sites (tertiary alicyclic amines) is 1. The first kappa shape index (κ1) is 19.6. The minimum atomic E-state index is -0.0868. The topological polar surface area (TPSA) is 71.3 Å². The highest BCUT2D eigenvalue weighted by Crippen LogP contribution is 2.30. The van der Waals surface area contributed by atoms with Gasteiger partial charge in [0.05, 0.1) is 10.8 Å². The van der Waals surface area contributed by atoms with Crippen molar-refractivity contribution in [1.29, 1.82) is 0 Å². The van der Waals surface area contributed by atoms with E-state index in [0.717, 1.165) is 30.0 Å². The first-order valence-electron chi connectivity index (χ1n) is 9.94. The lowest BCUT2D eigenvalue weighted by atomic mass is 9.87. The van der Waals surface area contributed by atoms with Gasteiger partial charge >= 0.3 is 6.03 Å². The van der Waals surface area contributed by atoms with Gasteiger partial charge in [-0.2, -0.15) is 0 Å². The van der Waals surface area contributed by atoms with Gasteiger partial charge < -0.3 is 14.6 Å². The largest absolute Gasteiger partial charge is 0.420 e. The molecule has 0 radical (unpaired) electrons. The van der Waals surface area contributed by atoms with E-state index in [-0.39, 0.29) is 17.4 Å². The second-order valence-corrected chi connectivity index (χ2v) is 9.41. The zero-order valence-corrected chi connectivity index (χ0v) is 17.8. The van der Waals surface area contributed by atoms with E-state index >= 15 is 0 Å². The van der Waals surface area contributed by atoms with Gasteiger partial charge in [-0.25, -0.2) is 4.79 Å². The molecule has 6 nitrogen and oxygen atoms in total. The molecule has 4 rings (SSSR count). The molecule has 3 aromatic rings. The summed E-state index contributed by atoms with van der Waals surface area (Å²) in [5, 5.41) is 13.4. The van der Waals surface area contributed by atoms with E-state index < -0.39 is 0 Å². The number of urea groups is 1. The van der Waals surface area contributed by atoms with Crippen molar-refractivity contribution in [2.75, 3.05) is 18.4 Å². The van der Waals surface area contributed by atoms with Crippen molar-refractivity contribution in [3.63, 3.8) is 0 Å². The molecule has 1 saturated heterocycles. The molecule has 1 atom stereocenters. The lowest BCUT2D eigenvalue weighted by Gasteiger charge is -2.31. The maximum Gasteiger partial charge on any atom is 0.321 e. The normalized spacial score (nSPS) is 17.3. The monoisotopic (exact) mass is 410 g/mol. The summed E-state index contributed by atoms with van der Waals surface area (Å²) in [6, 6.07) is 11.9. The highest BCUT2D eigenvalue weighted by Gasteiger charge is 2.29. The van der Waals surface area contributed by atoms with Gasteiger partial charge in [0.25, 0.3) is 5.89 Å². The standard InChI is InChI=1S/C22H26N4O2S/c1-22(2,3)16-8-10-17(11-9-16)23-21(27)26-12-4-6-15(14-26)19-24-25-20(28-19)18-7-5-13-29-18/h5,7-11,13,15H,4,6,12,14H2,1-3H3,(H,23,27). The van der Waals surface area contributed by atoms with Crippen LogP contribution in [0.15, 0.2) is 46.2 Å². The van der Waals surface area contributed by atoms with E-state index in [1.54, 1.807) is 11.3 Å². The average Bonchev–Trinajstić information content (AvgIpc) is 3.39. The minimum Gasteiger partial charge on any atom is -0.420 e. The molecule has 1 aliphatic heterocycles.